The van der Waals surface area contributed by atoms with E-state index in [0.29, 0.717) is 12.5 Å². The maximum absolute atomic E-state index is 11.9. The van der Waals surface area contributed by atoms with E-state index < -0.39 is 10.0 Å². The first-order chi connectivity index (χ1) is 8.07. The summed E-state index contributed by atoms with van der Waals surface area (Å²) in [5.41, 5.74) is 0. The van der Waals surface area contributed by atoms with Gasteiger partial charge in [0.1, 0.15) is 0 Å². The second-order valence-electron chi connectivity index (χ2n) is 5.08. The normalized spacial score (nSPS) is 31.8. The van der Waals surface area contributed by atoms with Gasteiger partial charge in [0.2, 0.25) is 10.0 Å². The van der Waals surface area contributed by atoms with Gasteiger partial charge in [0.15, 0.2) is 0 Å². The highest BCUT2D eigenvalue weighted by atomic mass is 32.2. The Labute approximate surface area is 103 Å². The lowest BCUT2D eigenvalue weighted by atomic mass is 10.0. The fourth-order valence-corrected chi connectivity index (χ4v) is 4.16. The number of sulfonamides is 1. The van der Waals surface area contributed by atoms with Crippen molar-refractivity contribution in [1.29, 1.82) is 0 Å². The summed E-state index contributed by atoms with van der Waals surface area (Å²) in [5, 5.41) is 3.25. The van der Waals surface area contributed by atoms with Crippen molar-refractivity contribution in [3.8, 4) is 0 Å². The standard InChI is InChI=1S/C11H22N2O3S/c1-9(10-4-5-12-7-10)13-17(14,15)8-11-3-2-6-16-11/h9-13H,2-8H2,1H3. The molecule has 0 amide bonds. The van der Waals surface area contributed by atoms with E-state index >= 15 is 0 Å². The van der Waals surface area contributed by atoms with Crippen LogP contribution in [0.25, 0.3) is 0 Å². The maximum Gasteiger partial charge on any atom is 0.214 e. The molecule has 0 bridgehead atoms. The van der Waals surface area contributed by atoms with Crippen LogP contribution in [0.1, 0.15) is 26.2 Å². The molecule has 0 saturated carbocycles. The molecule has 2 fully saturated rings. The molecular weight excluding hydrogens is 240 g/mol. The largest absolute Gasteiger partial charge is 0.377 e. The van der Waals surface area contributed by atoms with Gasteiger partial charge < -0.3 is 10.1 Å². The predicted octanol–water partition coefficient (Wildman–Crippen LogP) is 0.0828. The monoisotopic (exact) mass is 262 g/mol. The van der Waals surface area contributed by atoms with Crippen molar-refractivity contribution >= 4 is 10.0 Å². The molecule has 2 saturated heterocycles. The SMILES string of the molecule is CC(NS(=O)(=O)CC1CCCO1)C1CCNC1. The van der Waals surface area contributed by atoms with Gasteiger partial charge in [-0.05, 0) is 45.2 Å². The minimum absolute atomic E-state index is 0.0106. The average Bonchev–Trinajstić information content (AvgIpc) is 2.85. The molecular formula is C11H22N2O3S. The molecule has 5 nitrogen and oxygen atoms in total. The summed E-state index contributed by atoms with van der Waals surface area (Å²) < 4.78 is 32.0. The molecule has 0 aromatic rings. The van der Waals surface area contributed by atoms with Crippen LogP contribution in [0.2, 0.25) is 0 Å². The summed E-state index contributed by atoms with van der Waals surface area (Å²) in [6, 6.07) is 0.0106. The van der Waals surface area contributed by atoms with E-state index in [1.807, 2.05) is 6.92 Å². The number of ether oxygens (including phenoxy) is 1. The Morgan fingerprint density at radius 3 is 2.88 bits per heavy atom. The van der Waals surface area contributed by atoms with Crippen molar-refractivity contribution in [3.05, 3.63) is 0 Å². The third kappa shape index (κ3) is 3.91. The zero-order valence-corrected chi connectivity index (χ0v) is 11.1. The molecule has 0 aromatic carbocycles. The van der Waals surface area contributed by atoms with Crippen molar-refractivity contribution in [2.45, 2.75) is 38.3 Å². The van der Waals surface area contributed by atoms with Crippen LogP contribution in [0.4, 0.5) is 0 Å². The fraction of sp³-hybridized carbons (Fsp3) is 1.00. The second kappa shape index (κ2) is 5.65. The second-order valence-corrected chi connectivity index (χ2v) is 6.87. The molecule has 2 N–H and O–H groups in total. The molecule has 0 aliphatic carbocycles. The summed E-state index contributed by atoms with van der Waals surface area (Å²) in [4.78, 5) is 0. The highest BCUT2D eigenvalue weighted by Crippen LogP contribution is 2.16. The van der Waals surface area contributed by atoms with Crippen LogP contribution >= 0.6 is 0 Å². The van der Waals surface area contributed by atoms with E-state index in [1.165, 1.54) is 0 Å². The van der Waals surface area contributed by atoms with Crippen molar-refractivity contribution in [3.63, 3.8) is 0 Å². The van der Waals surface area contributed by atoms with Crippen molar-refractivity contribution in [2.75, 3.05) is 25.4 Å². The van der Waals surface area contributed by atoms with Gasteiger partial charge in [-0.3, -0.25) is 0 Å². The molecule has 0 aromatic heterocycles. The lowest BCUT2D eigenvalue weighted by Gasteiger charge is -2.20. The molecule has 2 aliphatic heterocycles. The zero-order chi connectivity index (χ0) is 12.3. The van der Waals surface area contributed by atoms with E-state index in [9.17, 15) is 8.42 Å². The first kappa shape index (κ1) is 13.3. The quantitative estimate of drug-likeness (QED) is 0.736. The molecule has 2 heterocycles. The Balaban J connectivity index is 1.82. The highest BCUT2D eigenvalue weighted by Gasteiger charge is 2.28. The van der Waals surface area contributed by atoms with Crippen LogP contribution in [0, 0.1) is 5.92 Å². The van der Waals surface area contributed by atoms with E-state index in [1.54, 1.807) is 0 Å². The van der Waals surface area contributed by atoms with Crippen LogP contribution in [0.5, 0.6) is 0 Å². The summed E-state index contributed by atoms with van der Waals surface area (Å²) in [7, 11) is -3.20. The molecule has 6 heteroatoms. The van der Waals surface area contributed by atoms with Gasteiger partial charge in [-0.25, -0.2) is 13.1 Å². The van der Waals surface area contributed by atoms with Crippen molar-refractivity contribution < 1.29 is 13.2 Å². The summed E-state index contributed by atoms with van der Waals surface area (Å²) >= 11 is 0. The molecule has 3 atom stereocenters. The Morgan fingerprint density at radius 2 is 2.29 bits per heavy atom. The number of rotatable bonds is 5. The number of nitrogens with one attached hydrogen (secondary N) is 2. The Hall–Kier alpha value is -0.170. The smallest absolute Gasteiger partial charge is 0.214 e. The fourth-order valence-electron chi connectivity index (χ4n) is 2.55. The third-order valence-corrected chi connectivity index (χ3v) is 5.14. The molecule has 3 unspecified atom stereocenters. The van der Waals surface area contributed by atoms with Gasteiger partial charge in [-0.1, -0.05) is 0 Å². The van der Waals surface area contributed by atoms with E-state index in [-0.39, 0.29) is 17.9 Å². The molecule has 2 aliphatic rings. The van der Waals surface area contributed by atoms with Gasteiger partial charge in [-0.2, -0.15) is 0 Å². The first-order valence-electron chi connectivity index (χ1n) is 6.39. The van der Waals surface area contributed by atoms with E-state index in [0.717, 1.165) is 32.4 Å². The van der Waals surface area contributed by atoms with E-state index in [4.69, 9.17) is 4.74 Å². The van der Waals surface area contributed by atoms with Crippen molar-refractivity contribution in [1.82, 2.24) is 10.0 Å². The van der Waals surface area contributed by atoms with E-state index in [2.05, 4.69) is 10.0 Å². The summed E-state index contributed by atoms with van der Waals surface area (Å²) in [5.74, 6) is 0.520. The summed E-state index contributed by atoms with van der Waals surface area (Å²) in [6.45, 7) is 4.54. The third-order valence-electron chi connectivity index (χ3n) is 3.60. The first-order valence-corrected chi connectivity index (χ1v) is 8.04. The Bertz CT molecular complexity index is 333. The molecule has 17 heavy (non-hydrogen) atoms. The van der Waals surface area contributed by atoms with Crippen LogP contribution in [-0.4, -0.2) is 46.0 Å². The van der Waals surface area contributed by atoms with Crippen LogP contribution < -0.4 is 10.0 Å². The lowest BCUT2D eigenvalue weighted by Crippen LogP contribution is -2.42. The van der Waals surface area contributed by atoms with Gasteiger partial charge in [0.05, 0.1) is 11.9 Å². The maximum atomic E-state index is 11.9. The number of hydrogen-bond acceptors (Lipinski definition) is 4. The zero-order valence-electron chi connectivity index (χ0n) is 10.3. The number of hydrogen-bond donors (Lipinski definition) is 2. The molecule has 0 spiro atoms. The van der Waals surface area contributed by atoms with Gasteiger partial charge >= 0.3 is 0 Å². The minimum atomic E-state index is -3.20. The average molecular weight is 262 g/mol. The van der Waals surface area contributed by atoms with Crippen LogP contribution in [-0.2, 0) is 14.8 Å². The highest BCUT2D eigenvalue weighted by molar-refractivity contribution is 7.89. The van der Waals surface area contributed by atoms with Crippen molar-refractivity contribution in [2.24, 2.45) is 5.92 Å². The van der Waals surface area contributed by atoms with Crippen LogP contribution in [0.15, 0.2) is 0 Å². The predicted molar refractivity (Wildman–Crippen MR) is 66.3 cm³/mol. The molecule has 2 rings (SSSR count). The Morgan fingerprint density at radius 1 is 1.47 bits per heavy atom. The van der Waals surface area contributed by atoms with Gasteiger partial charge in [-0.15, -0.1) is 0 Å². The minimum Gasteiger partial charge on any atom is -0.377 e. The molecule has 0 radical (unpaired) electrons. The van der Waals surface area contributed by atoms with Gasteiger partial charge in [0.25, 0.3) is 0 Å². The molecule has 100 valence electrons. The summed E-state index contributed by atoms with van der Waals surface area (Å²) in [6.07, 6.45) is 2.77. The topological polar surface area (TPSA) is 67.4 Å². The van der Waals surface area contributed by atoms with Crippen LogP contribution in [0.3, 0.4) is 0 Å². The lowest BCUT2D eigenvalue weighted by molar-refractivity contribution is 0.127. The Kier molecular flexibility index (Phi) is 4.41. The van der Waals surface area contributed by atoms with Gasteiger partial charge in [0, 0.05) is 12.6 Å².